The Morgan fingerprint density at radius 2 is 2.12 bits per heavy atom. The summed E-state index contributed by atoms with van der Waals surface area (Å²) in [6.45, 7) is 2.18. The van der Waals surface area contributed by atoms with E-state index in [9.17, 15) is 5.11 Å². The van der Waals surface area contributed by atoms with Crippen LogP contribution < -0.4 is 4.74 Å². The Balaban J connectivity index is 2.82. The van der Waals surface area contributed by atoms with Gasteiger partial charge in [0.05, 0.1) is 5.02 Å². The molecule has 16 heavy (non-hydrogen) atoms. The van der Waals surface area contributed by atoms with Crippen molar-refractivity contribution in [1.29, 1.82) is 0 Å². The Bertz CT molecular complexity index is 398. The van der Waals surface area contributed by atoms with Crippen molar-refractivity contribution in [2.24, 2.45) is 0 Å². The van der Waals surface area contributed by atoms with E-state index in [1.165, 1.54) is 6.08 Å². The van der Waals surface area contributed by atoms with Gasteiger partial charge in [0.25, 0.3) is 0 Å². The maximum absolute atomic E-state index is 9.59. The Morgan fingerprint density at radius 1 is 1.44 bits per heavy atom. The number of benzene rings is 1. The van der Waals surface area contributed by atoms with Crippen LogP contribution in [0.3, 0.4) is 0 Å². The van der Waals surface area contributed by atoms with Gasteiger partial charge in [-0.1, -0.05) is 41.7 Å². The average molecular weight is 282 g/mol. The number of hydrogen-bond acceptors (Lipinski definition) is 2. The molecule has 0 aliphatic heterocycles. The molecule has 0 aliphatic carbocycles. The minimum Gasteiger partial charge on any atom is -0.506 e. The molecule has 5 heteroatoms. The molecule has 0 aliphatic rings. The molecule has 0 fully saturated rings. The number of hydrogen-bond donors (Lipinski definition) is 1. The quantitative estimate of drug-likeness (QED) is 0.891. The van der Waals surface area contributed by atoms with Gasteiger partial charge in [-0.2, -0.15) is 0 Å². The van der Waals surface area contributed by atoms with Gasteiger partial charge >= 0.3 is 0 Å². The second kappa shape index (κ2) is 6.24. The van der Waals surface area contributed by atoms with Crippen molar-refractivity contribution in [2.75, 3.05) is 6.61 Å². The lowest BCUT2D eigenvalue weighted by atomic mass is 10.1. The highest BCUT2D eigenvalue weighted by molar-refractivity contribution is 6.55. The van der Waals surface area contributed by atoms with Gasteiger partial charge in [0.2, 0.25) is 0 Å². The normalized spacial score (nSPS) is 10.0. The summed E-state index contributed by atoms with van der Waals surface area (Å²) in [7, 11) is 0. The third-order valence-electron chi connectivity index (χ3n) is 1.98. The Labute approximate surface area is 109 Å². The summed E-state index contributed by atoms with van der Waals surface area (Å²) in [5.74, 6) is 0.674. The molecular formula is C11H11Cl3O2. The molecule has 1 aromatic rings. The van der Waals surface area contributed by atoms with Gasteiger partial charge < -0.3 is 9.84 Å². The highest BCUT2D eigenvalue weighted by Gasteiger charge is 2.07. The van der Waals surface area contributed by atoms with Crippen LogP contribution in [0.25, 0.3) is 0 Å². The Hall–Kier alpha value is -0.570. The number of aromatic hydroxyl groups is 1. The molecule has 88 valence electrons. The van der Waals surface area contributed by atoms with Crippen LogP contribution in [-0.2, 0) is 6.42 Å². The first-order valence-corrected chi connectivity index (χ1v) is 5.83. The van der Waals surface area contributed by atoms with Crippen LogP contribution in [0.1, 0.15) is 12.5 Å². The molecule has 1 rings (SSSR count). The summed E-state index contributed by atoms with van der Waals surface area (Å²) in [6, 6.07) is 3.28. The lowest BCUT2D eigenvalue weighted by molar-refractivity contribution is 0.361. The van der Waals surface area contributed by atoms with Crippen molar-refractivity contribution in [3.63, 3.8) is 0 Å². The lowest BCUT2D eigenvalue weighted by Crippen LogP contribution is -1.95. The van der Waals surface area contributed by atoms with Gasteiger partial charge in [-0.3, -0.25) is 0 Å². The second-order valence-electron chi connectivity index (χ2n) is 3.07. The van der Waals surface area contributed by atoms with Gasteiger partial charge in [-0.05, 0) is 24.1 Å². The first-order valence-electron chi connectivity index (χ1n) is 4.70. The van der Waals surface area contributed by atoms with Crippen LogP contribution in [-0.4, -0.2) is 11.7 Å². The van der Waals surface area contributed by atoms with Crippen molar-refractivity contribution in [1.82, 2.24) is 0 Å². The van der Waals surface area contributed by atoms with Gasteiger partial charge in [0.15, 0.2) is 0 Å². The van der Waals surface area contributed by atoms with Crippen molar-refractivity contribution in [3.8, 4) is 11.5 Å². The van der Waals surface area contributed by atoms with E-state index in [1.54, 1.807) is 12.1 Å². The van der Waals surface area contributed by atoms with E-state index < -0.39 is 0 Å². The number of ether oxygens (including phenoxy) is 1. The molecule has 0 amide bonds. The lowest BCUT2D eigenvalue weighted by Gasteiger charge is -2.08. The molecule has 0 unspecified atom stereocenters. The summed E-state index contributed by atoms with van der Waals surface area (Å²) in [5.41, 5.74) is 0.739. The molecule has 0 radical (unpaired) electrons. The SMILES string of the molecule is CCc1cc(OCC=C(Cl)Cl)cc(Cl)c1O. The molecule has 0 heterocycles. The zero-order valence-corrected chi connectivity index (χ0v) is 10.9. The van der Waals surface area contributed by atoms with Crippen molar-refractivity contribution >= 4 is 34.8 Å². The van der Waals surface area contributed by atoms with Crippen LogP contribution in [0.2, 0.25) is 5.02 Å². The first kappa shape index (κ1) is 13.5. The molecule has 0 bridgehead atoms. The van der Waals surface area contributed by atoms with Crippen LogP contribution in [0, 0.1) is 0 Å². The van der Waals surface area contributed by atoms with E-state index in [2.05, 4.69) is 0 Å². The van der Waals surface area contributed by atoms with E-state index in [-0.39, 0.29) is 21.9 Å². The Morgan fingerprint density at radius 3 is 2.69 bits per heavy atom. The smallest absolute Gasteiger partial charge is 0.137 e. The van der Waals surface area contributed by atoms with E-state index >= 15 is 0 Å². The number of phenolic OH excluding ortho intramolecular Hbond substituents is 1. The largest absolute Gasteiger partial charge is 0.506 e. The summed E-state index contributed by atoms with van der Waals surface area (Å²) in [5, 5.41) is 9.87. The second-order valence-corrected chi connectivity index (χ2v) is 4.49. The fourth-order valence-corrected chi connectivity index (χ4v) is 1.54. The molecule has 0 saturated carbocycles. The summed E-state index contributed by atoms with van der Waals surface area (Å²) >= 11 is 16.7. The fourth-order valence-electron chi connectivity index (χ4n) is 1.18. The molecule has 0 aromatic heterocycles. The summed E-state index contributed by atoms with van der Waals surface area (Å²) in [4.78, 5) is 0. The van der Waals surface area contributed by atoms with Gasteiger partial charge in [-0.25, -0.2) is 0 Å². The predicted molar refractivity (Wildman–Crippen MR) is 67.8 cm³/mol. The molecule has 0 spiro atoms. The van der Waals surface area contributed by atoms with E-state index in [4.69, 9.17) is 39.5 Å². The predicted octanol–water partition coefficient (Wildman–Crippen LogP) is 4.31. The van der Waals surface area contributed by atoms with Gasteiger partial charge in [0.1, 0.15) is 22.6 Å². The minimum absolute atomic E-state index is 0.0995. The zero-order valence-electron chi connectivity index (χ0n) is 8.64. The highest BCUT2D eigenvalue weighted by Crippen LogP contribution is 2.32. The molecule has 0 atom stereocenters. The van der Waals surface area contributed by atoms with Crippen molar-refractivity contribution in [3.05, 3.63) is 33.3 Å². The summed E-state index contributed by atoms with van der Waals surface area (Å²) < 4.78 is 5.51. The third kappa shape index (κ3) is 3.78. The summed E-state index contributed by atoms with van der Waals surface area (Å²) in [6.07, 6.45) is 2.20. The number of rotatable bonds is 4. The Kier molecular flexibility index (Phi) is 5.26. The van der Waals surface area contributed by atoms with Crippen LogP contribution in [0.4, 0.5) is 0 Å². The minimum atomic E-state index is 0.0995. The van der Waals surface area contributed by atoms with Gasteiger partial charge in [0, 0.05) is 6.07 Å². The van der Waals surface area contributed by atoms with Crippen molar-refractivity contribution < 1.29 is 9.84 Å². The molecule has 1 N–H and O–H groups in total. The monoisotopic (exact) mass is 280 g/mol. The highest BCUT2D eigenvalue weighted by atomic mass is 35.5. The molecule has 1 aromatic carbocycles. The standard InChI is InChI=1S/C11H11Cl3O2/c1-2-7-5-8(6-9(12)11(7)15)16-4-3-10(13)14/h3,5-6,15H,2,4H2,1H3. The van der Waals surface area contributed by atoms with Crippen LogP contribution in [0.5, 0.6) is 11.5 Å². The number of halogens is 3. The van der Waals surface area contributed by atoms with Crippen LogP contribution in [0.15, 0.2) is 22.7 Å². The van der Waals surface area contributed by atoms with E-state index in [0.29, 0.717) is 12.2 Å². The van der Waals surface area contributed by atoms with E-state index in [0.717, 1.165) is 5.56 Å². The first-order chi connectivity index (χ1) is 7.54. The van der Waals surface area contributed by atoms with Crippen molar-refractivity contribution in [2.45, 2.75) is 13.3 Å². The maximum Gasteiger partial charge on any atom is 0.137 e. The zero-order chi connectivity index (χ0) is 12.1. The van der Waals surface area contributed by atoms with Crippen LogP contribution >= 0.6 is 34.8 Å². The van der Waals surface area contributed by atoms with E-state index in [1.807, 2.05) is 6.92 Å². The number of phenols is 1. The topological polar surface area (TPSA) is 29.5 Å². The average Bonchev–Trinajstić information content (AvgIpc) is 2.22. The molecule has 0 saturated heterocycles. The third-order valence-corrected chi connectivity index (χ3v) is 2.58. The number of aryl methyl sites for hydroxylation is 1. The molecular weight excluding hydrogens is 270 g/mol. The fraction of sp³-hybridized carbons (Fsp3) is 0.273. The van der Waals surface area contributed by atoms with Gasteiger partial charge in [-0.15, -0.1) is 0 Å². The maximum atomic E-state index is 9.59. The molecule has 2 nitrogen and oxygen atoms in total.